The molecule has 1 saturated heterocycles. The van der Waals surface area contributed by atoms with Gasteiger partial charge in [0, 0.05) is 23.3 Å². The fraction of sp³-hybridized carbons (Fsp3) is 0.125. The van der Waals surface area contributed by atoms with E-state index in [1.807, 2.05) is 0 Å². The summed E-state index contributed by atoms with van der Waals surface area (Å²) in [5.74, 6) is -1.10. The molecule has 24 heavy (non-hydrogen) atoms. The van der Waals surface area contributed by atoms with Gasteiger partial charge >= 0.3 is 0 Å². The van der Waals surface area contributed by atoms with E-state index < -0.39 is 22.9 Å². The van der Waals surface area contributed by atoms with Gasteiger partial charge in [-0.1, -0.05) is 30.3 Å². The summed E-state index contributed by atoms with van der Waals surface area (Å²) in [6, 6.07) is 13.8. The number of nitro groups is 1. The molecule has 1 atom stereocenters. The number of nitrogens with zero attached hydrogens (tertiary/aromatic N) is 3. The molecule has 0 radical (unpaired) electrons. The summed E-state index contributed by atoms with van der Waals surface area (Å²) >= 11 is 0. The molecule has 0 unspecified atom stereocenters. The van der Waals surface area contributed by atoms with Crippen LogP contribution in [0, 0.1) is 10.1 Å². The zero-order valence-electron chi connectivity index (χ0n) is 12.4. The van der Waals surface area contributed by atoms with Gasteiger partial charge in [0.05, 0.1) is 4.92 Å². The van der Waals surface area contributed by atoms with Crippen LogP contribution < -0.4 is 0 Å². The standard InChI is InChI=1S/C16H13N3O5/c20-14-10-17(16(21)11-5-2-1-3-6-11)15(18(14)22)12-7-4-8-13(9-12)19(23)24/h1-9,15,22H,10H2/t15-/m1/s1. The number of hydrogen-bond acceptors (Lipinski definition) is 5. The lowest BCUT2D eigenvalue weighted by atomic mass is 10.1. The Balaban J connectivity index is 2.00. The van der Waals surface area contributed by atoms with E-state index in [0.29, 0.717) is 10.6 Å². The average molecular weight is 327 g/mol. The van der Waals surface area contributed by atoms with Crippen LogP contribution in [0.25, 0.3) is 0 Å². The first kappa shape index (κ1) is 15.6. The molecule has 2 aromatic rings. The molecule has 8 heteroatoms. The van der Waals surface area contributed by atoms with Crippen molar-refractivity contribution in [1.82, 2.24) is 9.96 Å². The van der Waals surface area contributed by atoms with Crippen LogP contribution in [0.1, 0.15) is 22.1 Å². The van der Waals surface area contributed by atoms with Gasteiger partial charge in [0.15, 0.2) is 6.17 Å². The maximum Gasteiger partial charge on any atom is 0.269 e. The van der Waals surface area contributed by atoms with Crippen molar-refractivity contribution in [2.45, 2.75) is 6.17 Å². The van der Waals surface area contributed by atoms with Crippen molar-refractivity contribution < 1.29 is 19.7 Å². The molecule has 2 amide bonds. The maximum absolute atomic E-state index is 12.6. The molecule has 1 fully saturated rings. The molecule has 0 bridgehead atoms. The molecular formula is C16H13N3O5. The third-order valence-electron chi connectivity index (χ3n) is 3.75. The van der Waals surface area contributed by atoms with E-state index in [4.69, 9.17) is 0 Å². The molecule has 8 nitrogen and oxygen atoms in total. The summed E-state index contributed by atoms with van der Waals surface area (Å²) in [5.41, 5.74) is 0.449. The predicted octanol–water partition coefficient (Wildman–Crippen LogP) is 1.97. The highest BCUT2D eigenvalue weighted by Crippen LogP contribution is 2.32. The smallest absolute Gasteiger partial charge is 0.269 e. The first-order valence-corrected chi connectivity index (χ1v) is 7.10. The maximum atomic E-state index is 12.6. The quantitative estimate of drug-likeness (QED) is 0.527. The Labute approximate surface area is 136 Å². The Hall–Kier alpha value is -3.26. The first-order chi connectivity index (χ1) is 11.5. The Kier molecular flexibility index (Phi) is 3.97. The van der Waals surface area contributed by atoms with Crippen molar-refractivity contribution in [3.63, 3.8) is 0 Å². The highest BCUT2D eigenvalue weighted by atomic mass is 16.6. The Bertz CT molecular complexity index is 808. The number of hydroxylamine groups is 2. The highest BCUT2D eigenvalue weighted by Gasteiger charge is 2.41. The molecule has 1 aliphatic rings. The van der Waals surface area contributed by atoms with E-state index in [-0.39, 0.29) is 17.8 Å². The molecule has 1 heterocycles. The van der Waals surface area contributed by atoms with Crippen LogP contribution in [0.3, 0.4) is 0 Å². The number of carbonyl (C=O) groups excluding carboxylic acids is 2. The third kappa shape index (κ3) is 2.70. The molecule has 0 aromatic heterocycles. The molecule has 1 N–H and O–H groups in total. The molecule has 1 aliphatic heterocycles. The van der Waals surface area contributed by atoms with E-state index >= 15 is 0 Å². The van der Waals surface area contributed by atoms with Crippen molar-refractivity contribution in [3.05, 3.63) is 75.8 Å². The van der Waals surface area contributed by atoms with E-state index in [1.165, 1.54) is 29.2 Å². The minimum absolute atomic E-state index is 0.188. The normalized spacial score (nSPS) is 17.2. The highest BCUT2D eigenvalue weighted by molar-refractivity contribution is 5.98. The van der Waals surface area contributed by atoms with Gasteiger partial charge in [0.1, 0.15) is 6.54 Å². The Morgan fingerprint density at radius 2 is 1.88 bits per heavy atom. The number of non-ortho nitro benzene ring substituents is 1. The van der Waals surface area contributed by atoms with Gasteiger partial charge in [-0.2, -0.15) is 5.06 Å². The molecular weight excluding hydrogens is 314 g/mol. The van der Waals surface area contributed by atoms with Crippen LogP contribution in [0.5, 0.6) is 0 Å². The minimum atomic E-state index is -1.11. The largest absolute Gasteiger partial charge is 0.302 e. The number of carbonyl (C=O) groups is 2. The van der Waals surface area contributed by atoms with Gasteiger partial charge in [-0.25, -0.2) is 0 Å². The lowest BCUT2D eigenvalue weighted by Crippen LogP contribution is -2.34. The van der Waals surface area contributed by atoms with Gasteiger partial charge in [-0.3, -0.25) is 24.9 Å². The van der Waals surface area contributed by atoms with Crippen LogP contribution in [0.4, 0.5) is 5.69 Å². The number of amides is 2. The predicted molar refractivity (Wildman–Crippen MR) is 81.9 cm³/mol. The van der Waals surface area contributed by atoms with Gasteiger partial charge in [0.25, 0.3) is 17.5 Å². The van der Waals surface area contributed by atoms with Gasteiger partial charge in [-0.15, -0.1) is 0 Å². The topological polar surface area (TPSA) is 104 Å². The zero-order valence-corrected chi connectivity index (χ0v) is 12.4. The van der Waals surface area contributed by atoms with E-state index in [2.05, 4.69) is 0 Å². The van der Waals surface area contributed by atoms with E-state index in [9.17, 15) is 24.9 Å². The number of nitro benzene ring substituents is 1. The lowest BCUT2D eigenvalue weighted by molar-refractivity contribution is -0.385. The number of benzene rings is 2. The summed E-state index contributed by atoms with van der Waals surface area (Å²) in [6.07, 6.45) is -1.11. The van der Waals surface area contributed by atoms with Crippen LogP contribution >= 0.6 is 0 Å². The van der Waals surface area contributed by atoms with Crippen molar-refractivity contribution in [2.24, 2.45) is 0 Å². The molecule has 0 aliphatic carbocycles. The lowest BCUT2D eigenvalue weighted by Gasteiger charge is -2.26. The fourth-order valence-corrected chi connectivity index (χ4v) is 2.62. The molecule has 0 spiro atoms. The summed E-state index contributed by atoms with van der Waals surface area (Å²) < 4.78 is 0. The second-order valence-corrected chi connectivity index (χ2v) is 5.26. The average Bonchev–Trinajstić information content (AvgIpc) is 2.90. The Morgan fingerprint density at radius 1 is 1.17 bits per heavy atom. The van der Waals surface area contributed by atoms with Gasteiger partial charge in [-0.05, 0) is 12.1 Å². The van der Waals surface area contributed by atoms with E-state index in [1.54, 1.807) is 30.3 Å². The van der Waals surface area contributed by atoms with Crippen molar-refractivity contribution in [3.8, 4) is 0 Å². The molecule has 3 rings (SSSR count). The molecule has 122 valence electrons. The van der Waals surface area contributed by atoms with E-state index in [0.717, 1.165) is 0 Å². The SMILES string of the molecule is O=C1CN(C(=O)c2ccccc2)[C@@H](c2cccc([N+](=O)[O-])c2)N1O. The van der Waals surface area contributed by atoms with Gasteiger partial charge < -0.3 is 4.90 Å². The first-order valence-electron chi connectivity index (χ1n) is 7.10. The zero-order chi connectivity index (χ0) is 17.3. The summed E-state index contributed by atoms with van der Waals surface area (Å²) in [7, 11) is 0. The second-order valence-electron chi connectivity index (χ2n) is 5.26. The number of rotatable bonds is 3. The summed E-state index contributed by atoms with van der Waals surface area (Å²) in [6.45, 7) is -0.308. The summed E-state index contributed by atoms with van der Waals surface area (Å²) in [5, 5.41) is 21.4. The van der Waals surface area contributed by atoms with Crippen molar-refractivity contribution >= 4 is 17.5 Å². The van der Waals surface area contributed by atoms with Crippen molar-refractivity contribution in [1.29, 1.82) is 0 Å². The summed E-state index contributed by atoms with van der Waals surface area (Å²) in [4.78, 5) is 36.0. The molecule has 0 saturated carbocycles. The monoisotopic (exact) mass is 327 g/mol. The van der Waals surface area contributed by atoms with Crippen LogP contribution in [-0.2, 0) is 4.79 Å². The third-order valence-corrected chi connectivity index (χ3v) is 3.75. The minimum Gasteiger partial charge on any atom is -0.302 e. The Morgan fingerprint density at radius 3 is 2.54 bits per heavy atom. The second kappa shape index (κ2) is 6.09. The number of hydrogen-bond donors (Lipinski definition) is 1. The van der Waals surface area contributed by atoms with Gasteiger partial charge in [0.2, 0.25) is 0 Å². The van der Waals surface area contributed by atoms with Crippen LogP contribution in [0.2, 0.25) is 0 Å². The van der Waals surface area contributed by atoms with Crippen molar-refractivity contribution in [2.75, 3.05) is 6.54 Å². The molecule has 2 aromatic carbocycles. The fourth-order valence-electron chi connectivity index (χ4n) is 2.62. The van der Waals surface area contributed by atoms with Crippen LogP contribution in [-0.4, -0.2) is 38.5 Å². The van der Waals surface area contributed by atoms with Crippen LogP contribution in [0.15, 0.2) is 54.6 Å².